The van der Waals surface area contributed by atoms with Gasteiger partial charge in [-0.15, -0.1) is 0 Å². The summed E-state index contributed by atoms with van der Waals surface area (Å²) < 4.78 is 10.5. The van der Waals surface area contributed by atoms with Crippen LogP contribution < -0.4 is 5.73 Å². The van der Waals surface area contributed by atoms with Gasteiger partial charge < -0.3 is 14.7 Å². The standard InChI is InChI=1S/C12H17N3O2/c1-4-6-12(3,13)11-14-10(15-17-11)9-8(2)5-7-16-9/h5,7H,4,6,13H2,1-3H3. The van der Waals surface area contributed by atoms with Crippen molar-refractivity contribution in [3.8, 4) is 11.6 Å². The number of hydrogen-bond acceptors (Lipinski definition) is 5. The minimum Gasteiger partial charge on any atom is -0.461 e. The van der Waals surface area contributed by atoms with Crippen LogP contribution in [0.25, 0.3) is 11.6 Å². The molecule has 5 nitrogen and oxygen atoms in total. The summed E-state index contributed by atoms with van der Waals surface area (Å²) in [6.07, 6.45) is 3.37. The molecule has 0 aromatic carbocycles. The molecule has 2 heterocycles. The van der Waals surface area contributed by atoms with E-state index >= 15 is 0 Å². The molecule has 0 saturated carbocycles. The molecule has 2 N–H and O–H groups in total. The second-order valence-electron chi connectivity index (χ2n) is 4.52. The van der Waals surface area contributed by atoms with E-state index in [1.807, 2.05) is 19.9 Å². The Hall–Kier alpha value is -1.62. The minimum absolute atomic E-state index is 0.449. The van der Waals surface area contributed by atoms with Crippen LogP contribution in [0.4, 0.5) is 0 Å². The molecule has 0 fully saturated rings. The normalized spacial score (nSPS) is 14.8. The Morgan fingerprint density at radius 3 is 2.82 bits per heavy atom. The van der Waals surface area contributed by atoms with Gasteiger partial charge in [0.25, 0.3) is 0 Å². The van der Waals surface area contributed by atoms with Crippen LogP contribution in [0.1, 0.15) is 38.1 Å². The van der Waals surface area contributed by atoms with Crippen molar-refractivity contribution in [1.29, 1.82) is 0 Å². The maximum atomic E-state index is 6.13. The van der Waals surface area contributed by atoms with Crippen LogP contribution in [0.3, 0.4) is 0 Å². The van der Waals surface area contributed by atoms with Gasteiger partial charge in [0.1, 0.15) is 0 Å². The first-order valence-electron chi connectivity index (χ1n) is 5.72. The van der Waals surface area contributed by atoms with Gasteiger partial charge in [0.15, 0.2) is 5.76 Å². The fraction of sp³-hybridized carbons (Fsp3) is 0.500. The quantitative estimate of drug-likeness (QED) is 0.881. The smallest absolute Gasteiger partial charge is 0.246 e. The maximum absolute atomic E-state index is 6.13. The van der Waals surface area contributed by atoms with Crippen molar-refractivity contribution in [2.75, 3.05) is 0 Å². The molecular weight excluding hydrogens is 218 g/mol. The van der Waals surface area contributed by atoms with Gasteiger partial charge in [0.2, 0.25) is 11.7 Å². The average Bonchev–Trinajstić information content (AvgIpc) is 2.85. The van der Waals surface area contributed by atoms with Gasteiger partial charge in [0, 0.05) is 0 Å². The maximum Gasteiger partial charge on any atom is 0.246 e. The molecule has 2 aromatic rings. The summed E-state index contributed by atoms with van der Waals surface area (Å²) in [5.41, 5.74) is 6.52. The van der Waals surface area contributed by atoms with E-state index in [-0.39, 0.29) is 0 Å². The van der Waals surface area contributed by atoms with Crippen molar-refractivity contribution >= 4 is 0 Å². The van der Waals surface area contributed by atoms with Crippen LogP contribution in [0.2, 0.25) is 0 Å². The van der Waals surface area contributed by atoms with Crippen LogP contribution >= 0.6 is 0 Å². The molecule has 92 valence electrons. The molecule has 1 unspecified atom stereocenters. The summed E-state index contributed by atoms with van der Waals surface area (Å²) in [6, 6.07) is 1.86. The first-order chi connectivity index (χ1) is 8.04. The lowest BCUT2D eigenvalue weighted by Gasteiger charge is -2.18. The highest BCUT2D eigenvalue weighted by molar-refractivity contribution is 5.51. The Balaban J connectivity index is 2.31. The van der Waals surface area contributed by atoms with Crippen molar-refractivity contribution in [2.45, 2.75) is 39.2 Å². The van der Waals surface area contributed by atoms with Crippen LogP contribution in [-0.4, -0.2) is 10.1 Å². The second-order valence-corrected chi connectivity index (χ2v) is 4.52. The first-order valence-corrected chi connectivity index (χ1v) is 5.72. The second kappa shape index (κ2) is 4.33. The topological polar surface area (TPSA) is 78.1 Å². The number of nitrogens with two attached hydrogens (primary N) is 1. The lowest BCUT2D eigenvalue weighted by atomic mass is 9.98. The molecule has 5 heteroatoms. The van der Waals surface area contributed by atoms with Crippen LogP contribution in [0.15, 0.2) is 21.3 Å². The molecule has 1 atom stereocenters. The van der Waals surface area contributed by atoms with Gasteiger partial charge in [-0.05, 0) is 31.9 Å². The number of aryl methyl sites for hydroxylation is 1. The van der Waals surface area contributed by atoms with Crippen molar-refractivity contribution in [1.82, 2.24) is 10.1 Å². The summed E-state index contributed by atoms with van der Waals surface area (Å²) in [6.45, 7) is 5.89. The number of aromatic nitrogens is 2. The van der Waals surface area contributed by atoms with E-state index < -0.39 is 5.54 Å². The molecule has 0 spiro atoms. The number of rotatable bonds is 4. The third kappa shape index (κ3) is 2.24. The molecular formula is C12H17N3O2. The van der Waals surface area contributed by atoms with Gasteiger partial charge in [-0.1, -0.05) is 18.5 Å². The van der Waals surface area contributed by atoms with Crippen molar-refractivity contribution in [3.63, 3.8) is 0 Å². The molecule has 2 rings (SSSR count). The third-order valence-electron chi connectivity index (χ3n) is 2.75. The van der Waals surface area contributed by atoms with Gasteiger partial charge in [-0.3, -0.25) is 0 Å². The molecule has 0 bridgehead atoms. The Kier molecular flexibility index (Phi) is 3.02. The Labute approximate surface area is 100.0 Å². The monoisotopic (exact) mass is 235 g/mol. The highest BCUT2D eigenvalue weighted by atomic mass is 16.5. The largest absolute Gasteiger partial charge is 0.461 e. The van der Waals surface area contributed by atoms with Crippen molar-refractivity contribution in [2.24, 2.45) is 5.73 Å². The lowest BCUT2D eigenvalue weighted by molar-refractivity contribution is 0.283. The third-order valence-corrected chi connectivity index (χ3v) is 2.75. The summed E-state index contributed by atoms with van der Waals surface area (Å²) >= 11 is 0. The Morgan fingerprint density at radius 2 is 2.24 bits per heavy atom. The van der Waals surface area contributed by atoms with E-state index in [1.54, 1.807) is 6.26 Å². The predicted molar refractivity (Wildman–Crippen MR) is 63.2 cm³/mol. The fourth-order valence-electron chi connectivity index (χ4n) is 1.78. The Bertz CT molecular complexity index is 499. The summed E-state index contributed by atoms with van der Waals surface area (Å²) in [5, 5.41) is 3.91. The number of hydrogen-bond donors (Lipinski definition) is 1. The SMILES string of the molecule is CCCC(C)(N)c1nc(-c2occc2C)no1. The molecule has 2 aromatic heterocycles. The number of furan rings is 1. The number of nitrogens with zero attached hydrogens (tertiary/aromatic N) is 2. The summed E-state index contributed by atoms with van der Waals surface area (Å²) in [4.78, 5) is 4.31. The van der Waals surface area contributed by atoms with Crippen molar-refractivity contribution in [3.05, 3.63) is 23.8 Å². The first kappa shape index (κ1) is 11.9. The molecule has 0 radical (unpaired) electrons. The highest BCUT2D eigenvalue weighted by Gasteiger charge is 2.28. The van der Waals surface area contributed by atoms with Gasteiger partial charge in [-0.25, -0.2) is 0 Å². The molecule has 0 aliphatic carbocycles. The lowest BCUT2D eigenvalue weighted by Crippen LogP contribution is -2.33. The summed E-state index contributed by atoms with van der Waals surface area (Å²) in [5.74, 6) is 1.53. The molecule has 0 amide bonds. The van der Waals surface area contributed by atoms with Crippen LogP contribution in [0.5, 0.6) is 0 Å². The van der Waals surface area contributed by atoms with E-state index in [0.29, 0.717) is 17.5 Å². The zero-order valence-electron chi connectivity index (χ0n) is 10.4. The van der Waals surface area contributed by atoms with Crippen molar-refractivity contribution < 1.29 is 8.94 Å². The average molecular weight is 235 g/mol. The Morgan fingerprint density at radius 1 is 1.47 bits per heavy atom. The predicted octanol–water partition coefficient (Wildman–Crippen LogP) is 2.61. The molecule has 17 heavy (non-hydrogen) atoms. The van der Waals surface area contributed by atoms with E-state index in [1.165, 1.54) is 0 Å². The van der Waals surface area contributed by atoms with E-state index in [9.17, 15) is 0 Å². The van der Waals surface area contributed by atoms with Crippen LogP contribution in [0, 0.1) is 6.92 Å². The summed E-state index contributed by atoms with van der Waals surface area (Å²) in [7, 11) is 0. The highest BCUT2D eigenvalue weighted by Crippen LogP contribution is 2.26. The zero-order valence-corrected chi connectivity index (χ0v) is 10.4. The minimum atomic E-state index is -0.583. The molecule has 0 aliphatic rings. The van der Waals surface area contributed by atoms with Crippen LogP contribution in [-0.2, 0) is 5.54 Å². The molecule has 0 aliphatic heterocycles. The molecule has 0 saturated heterocycles. The van der Waals surface area contributed by atoms with E-state index in [2.05, 4.69) is 17.1 Å². The van der Waals surface area contributed by atoms with Gasteiger partial charge in [-0.2, -0.15) is 4.98 Å². The van der Waals surface area contributed by atoms with Gasteiger partial charge >= 0.3 is 0 Å². The van der Waals surface area contributed by atoms with E-state index in [0.717, 1.165) is 18.4 Å². The van der Waals surface area contributed by atoms with E-state index in [4.69, 9.17) is 14.7 Å². The fourth-order valence-corrected chi connectivity index (χ4v) is 1.78. The van der Waals surface area contributed by atoms with Gasteiger partial charge in [0.05, 0.1) is 11.8 Å². The zero-order chi connectivity index (χ0) is 12.5.